The van der Waals surface area contributed by atoms with Crippen molar-refractivity contribution in [1.29, 1.82) is 0 Å². The minimum absolute atomic E-state index is 0.711. The lowest BCUT2D eigenvalue weighted by molar-refractivity contribution is 0.112. The molecule has 0 aliphatic heterocycles. The van der Waals surface area contributed by atoms with Gasteiger partial charge in [-0.05, 0) is 17.7 Å². The summed E-state index contributed by atoms with van der Waals surface area (Å²) in [6.45, 7) is 0. The van der Waals surface area contributed by atoms with Gasteiger partial charge in [-0.15, -0.1) is 11.3 Å². The quantitative estimate of drug-likeness (QED) is 0.666. The third-order valence-electron chi connectivity index (χ3n) is 2.81. The zero-order chi connectivity index (χ0) is 12.4. The second-order valence-corrected chi connectivity index (χ2v) is 5.23. The number of rotatable bonds is 3. The number of nitrogens with zero attached hydrogens (tertiary/aromatic N) is 1. The number of aldehydes is 1. The molecule has 1 aromatic heterocycles. The second-order valence-electron chi connectivity index (χ2n) is 4.11. The van der Waals surface area contributed by atoms with Gasteiger partial charge in [-0.1, -0.05) is 36.4 Å². The minimum atomic E-state index is 0.711. The molecule has 0 atom stereocenters. The molecular weight excluding hydrogens is 242 g/mol. The number of carbonyl (C=O) groups is 1. The fourth-order valence-electron chi connectivity index (χ4n) is 1.88. The molecule has 0 N–H and O–H groups in total. The molecule has 18 heavy (non-hydrogen) atoms. The van der Waals surface area contributed by atoms with Crippen molar-refractivity contribution in [3.63, 3.8) is 0 Å². The molecule has 0 aliphatic carbocycles. The van der Waals surface area contributed by atoms with Gasteiger partial charge in [-0.2, -0.15) is 0 Å². The van der Waals surface area contributed by atoms with Crippen LogP contribution in [0.3, 0.4) is 0 Å². The van der Waals surface area contributed by atoms with E-state index in [0.717, 1.165) is 23.2 Å². The van der Waals surface area contributed by atoms with Crippen LogP contribution in [0.4, 0.5) is 0 Å². The average Bonchev–Trinajstić information content (AvgIpc) is 2.82. The van der Waals surface area contributed by atoms with Crippen LogP contribution >= 0.6 is 11.3 Å². The summed E-state index contributed by atoms with van der Waals surface area (Å²) in [4.78, 5) is 15.2. The van der Waals surface area contributed by atoms with E-state index < -0.39 is 0 Å². The van der Waals surface area contributed by atoms with Crippen molar-refractivity contribution >= 4 is 27.8 Å². The number of fused-ring (bicyclic) bond motifs is 1. The lowest BCUT2D eigenvalue weighted by Gasteiger charge is -1.97. The van der Waals surface area contributed by atoms with E-state index in [0.29, 0.717) is 5.56 Å². The molecule has 0 bridgehead atoms. The lowest BCUT2D eigenvalue weighted by Crippen LogP contribution is -1.87. The summed E-state index contributed by atoms with van der Waals surface area (Å²) >= 11 is 1.72. The number of para-hydroxylation sites is 1. The molecule has 1 heterocycles. The van der Waals surface area contributed by atoms with Crippen LogP contribution in [0.25, 0.3) is 10.2 Å². The number of carbonyl (C=O) groups excluding carboxylic acids is 1. The first-order valence-corrected chi connectivity index (χ1v) is 6.55. The van der Waals surface area contributed by atoms with Crippen molar-refractivity contribution in [2.75, 3.05) is 0 Å². The Morgan fingerprint density at radius 3 is 2.56 bits per heavy atom. The predicted molar refractivity (Wildman–Crippen MR) is 74.3 cm³/mol. The number of aromatic nitrogens is 1. The van der Waals surface area contributed by atoms with E-state index in [2.05, 4.69) is 11.1 Å². The monoisotopic (exact) mass is 253 g/mol. The molecule has 0 saturated carbocycles. The SMILES string of the molecule is O=Cc1ccc(Cc2nc3ccccc3s2)cc1. The Hall–Kier alpha value is -2.00. The first-order valence-electron chi connectivity index (χ1n) is 5.74. The van der Waals surface area contributed by atoms with Gasteiger partial charge in [0.2, 0.25) is 0 Å². The summed E-state index contributed by atoms with van der Waals surface area (Å²) in [6, 6.07) is 15.8. The van der Waals surface area contributed by atoms with Gasteiger partial charge in [0.05, 0.1) is 15.2 Å². The van der Waals surface area contributed by atoms with Gasteiger partial charge in [0.1, 0.15) is 6.29 Å². The lowest BCUT2D eigenvalue weighted by atomic mass is 10.1. The zero-order valence-electron chi connectivity index (χ0n) is 9.67. The first kappa shape index (κ1) is 11.1. The number of hydrogen-bond acceptors (Lipinski definition) is 3. The Kier molecular flexibility index (Phi) is 2.90. The van der Waals surface area contributed by atoms with E-state index >= 15 is 0 Å². The van der Waals surface area contributed by atoms with Gasteiger partial charge in [0, 0.05) is 12.0 Å². The molecule has 3 aromatic rings. The van der Waals surface area contributed by atoms with Crippen molar-refractivity contribution < 1.29 is 4.79 Å². The average molecular weight is 253 g/mol. The normalized spacial score (nSPS) is 10.7. The smallest absolute Gasteiger partial charge is 0.150 e. The van der Waals surface area contributed by atoms with E-state index in [1.807, 2.05) is 42.5 Å². The van der Waals surface area contributed by atoms with Gasteiger partial charge in [0.25, 0.3) is 0 Å². The summed E-state index contributed by atoms with van der Waals surface area (Å²) < 4.78 is 1.22. The van der Waals surface area contributed by atoms with Crippen molar-refractivity contribution in [2.45, 2.75) is 6.42 Å². The first-order chi connectivity index (χ1) is 8.85. The summed E-state index contributed by atoms with van der Waals surface area (Å²) in [7, 11) is 0. The highest BCUT2D eigenvalue weighted by atomic mass is 32.1. The number of hydrogen-bond donors (Lipinski definition) is 0. The molecule has 0 spiro atoms. The summed E-state index contributed by atoms with van der Waals surface area (Å²) in [5.41, 5.74) is 2.95. The topological polar surface area (TPSA) is 30.0 Å². The molecule has 0 amide bonds. The van der Waals surface area contributed by atoms with Crippen LogP contribution in [-0.2, 0) is 6.42 Å². The zero-order valence-corrected chi connectivity index (χ0v) is 10.5. The molecular formula is C15H11NOS. The Morgan fingerprint density at radius 1 is 1.06 bits per heavy atom. The molecule has 0 fully saturated rings. The highest BCUT2D eigenvalue weighted by Crippen LogP contribution is 2.23. The molecule has 0 radical (unpaired) electrons. The van der Waals surface area contributed by atoms with Crippen LogP contribution in [0.15, 0.2) is 48.5 Å². The van der Waals surface area contributed by atoms with Crippen LogP contribution in [0.5, 0.6) is 0 Å². The molecule has 2 aromatic carbocycles. The van der Waals surface area contributed by atoms with Crippen molar-refractivity contribution in [3.8, 4) is 0 Å². The number of thiazole rings is 1. The fourth-order valence-corrected chi connectivity index (χ4v) is 2.89. The van der Waals surface area contributed by atoms with Gasteiger partial charge >= 0.3 is 0 Å². The molecule has 3 heteroatoms. The largest absolute Gasteiger partial charge is 0.298 e. The third-order valence-corrected chi connectivity index (χ3v) is 3.85. The van der Waals surface area contributed by atoms with E-state index in [1.54, 1.807) is 11.3 Å². The maximum absolute atomic E-state index is 10.6. The highest BCUT2D eigenvalue weighted by molar-refractivity contribution is 7.18. The van der Waals surface area contributed by atoms with Crippen LogP contribution in [0.2, 0.25) is 0 Å². The van der Waals surface area contributed by atoms with Crippen LogP contribution in [0, 0.1) is 0 Å². The minimum Gasteiger partial charge on any atom is -0.298 e. The molecule has 0 aliphatic rings. The Labute approximate surface area is 109 Å². The Morgan fingerprint density at radius 2 is 1.83 bits per heavy atom. The van der Waals surface area contributed by atoms with Gasteiger partial charge in [0.15, 0.2) is 0 Å². The van der Waals surface area contributed by atoms with E-state index in [4.69, 9.17) is 0 Å². The predicted octanol–water partition coefficient (Wildman–Crippen LogP) is 3.70. The Bertz CT molecular complexity index is 652. The second kappa shape index (κ2) is 4.70. The summed E-state index contributed by atoms with van der Waals surface area (Å²) in [5.74, 6) is 0. The third kappa shape index (κ3) is 2.17. The molecule has 3 rings (SSSR count). The van der Waals surface area contributed by atoms with Crippen LogP contribution < -0.4 is 0 Å². The van der Waals surface area contributed by atoms with Crippen molar-refractivity contribution in [1.82, 2.24) is 4.98 Å². The van der Waals surface area contributed by atoms with E-state index in [-0.39, 0.29) is 0 Å². The molecule has 2 nitrogen and oxygen atoms in total. The van der Waals surface area contributed by atoms with Gasteiger partial charge < -0.3 is 0 Å². The Balaban J connectivity index is 1.88. The van der Waals surface area contributed by atoms with Crippen molar-refractivity contribution in [2.24, 2.45) is 0 Å². The maximum Gasteiger partial charge on any atom is 0.150 e. The van der Waals surface area contributed by atoms with E-state index in [9.17, 15) is 4.79 Å². The molecule has 0 saturated heterocycles. The van der Waals surface area contributed by atoms with Gasteiger partial charge in [-0.3, -0.25) is 4.79 Å². The maximum atomic E-state index is 10.6. The fraction of sp³-hybridized carbons (Fsp3) is 0.0667. The van der Waals surface area contributed by atoms with Gasteiger partial charge in [-0.25, -0.2) is 4.98 Å². The number of benzene rings is 2. The van der Waals surface area contributed by atoms with E-state index in [1.165, 1.54) is 10.3 Å². The van der Waals surface area contributed by atoms with Crippen molar-refractivity contribution in [3.05, 3.63) is 64.7 Å². The molecule has 0 unspecified atom stereocenters. The van der Waals surface area contributed by atoms with Crippen LogP contribution in [-0.4, -0.2) is 11.3 Å². The molecule has 88 valence electrons. The summed E-state index contributed by atoms with van der Waals surface area (Å²) in [5, 5.41) is 1.11. The standard InChI is InChI=1S/C15H11NOS/c17-10-12-7-5-11(6-8-12)9-15-16-13-3-1-2-4-14(13)18-15/h1-8,10H,9H2. The summed E-state index contributed by atoms with van der Waals surface area (Å²) in [6.07, 6.45) is 1.68. The van der Waals surface area contributed by atoms with Crippen LogP contribution in [0.1, 0.15) is 20.9 Å². The highest BCUT2D eigenvalue weighted by Gasteiger charge is 2.04.